The number of carbonyl (C=O) groups excluding carboxylic acids is 1. The second kappa shape index (κ2) is 4.89. The maximum Gasteiger partial charge on any atom is 0.167 e. The van der Waals surface area contributed by atoms with Crippen LogP contribution < -0.4 is 0 Å². The molecule has 0 aromatic heterocycles. The van der Waals surface area contributed by atoms with Crippen molar-refractivity contribution < 1.29 is 9.18 Å². The predicted octanol–water partition coefficient (Wildman–Crippen LogP) is 4.19. The van der Waals surface area contributed by atoms with E-state index in [4.69, 9.17) is 0 Å². The summed E-state index contributed by atoms with van der Waals surface area (Å²) >= 11 is 3.33. The van der Waals surface area contributed by atoms with Crippen molar-refractivity contribution in [3.05, 3.63) is 69.4 Å². The molecule has 0 fully saturated rings. The van der Waals surface area contributed by atoms with E-state index >= 15 is 0 Å². The highest BCUT2D eigenvalue weighted by Gasteiger charge is 2.28. The maximum atomic E-state index is 13.3. The summed E-state index contributed by atoms with van der Waals surface area (Å²) in [6.07, 6.45) is 1.50. The Morgan fingerprint density at radius 3 is 2.37 bits per heavy atom. The van der Waals surface area contributed by atoms with E-state index in [0.29, 0.717) is 10.0 Å². The van der Waals surface area contributed by atoms with Crippen LogP contribution in [0, 0.1) is 11.7 Å². The quantitative estimate of drug-likeness (QED) is 0.759. The van der Waals surface area contributed by atoms with Gasteiger partial charge in [-0.05, 0) is 42.2 Å². The van der Waals surface area contributed by atoms with E-state index in [1.165, 1.54) is 23.3 Å². The molecule has 0 radical (unpaired) electrons. The first-order valence-corrected chi connectivity index (χ1v) is 7.00. The van der Waals surface area contributed by atoms with Crippen LogP contribution in [0.1, 0.15) is 21.5 Å². The summed E-state index contributed by atoms with van der Waals surface area (Å²) in [4.78, 5) is 12.5. The Labute approximate surface area is 119 Å². The van der Waals surface area contributed by atoms with Crippen molar-refractivity contribution in [3.8, 4) is 0 Å². The van der Waals surface area contributed by atoms with Crippen LogP contribution in [0.15, 0.2) is 46.9 Å². The number of benzene rings is 2. The zero-order valence-corrected chi connectivity index (χ0v) is 11.8. The zero-order valence-electron chi connectivity index (χ0n) is 10.2. The van der Waals surface area contributed by atoms with Crippen LogP contribution in [0.5, 0.6) is 0 Å². The van der Waals surface area contributed by atoms with Crippen molar-refractivity contribution >= 4 is 21.7 Å². The third kappa shape index (κ3) is 2.35. The second-order valence-electron chi connectivity index (χ2n) is 4.86. The minimum absolute atomic E-state index is 0.0163. The van der Waals surface area contributed by atoms with Gasteiger partial charge >= 0.3 is 0 Å². The van der Waals surface area contributed by atoms with Gasteiger partial charge in [-0.3, -0.25) is 4.79 Å². The first kappa shape index (κ1) is 12.5. The van der Waals surface area contributed by atoms with Crippen LogP contribution >= 0.6 is 15.9 Å². The van der Waals surface area contributed by atoms with Gasteiger partial charge in [0.2, 0.25) is 0 Å². The molecule has 3 rings (SSSR count). The first-order chi connectivity index (χ1) is 9.15. The minimum Gasteiger partial charge on any atom is -0.294 e. The molecule has 0 heterocycles. The summed E-state index contributed by atoms with van der Waals surface area (Å²) in [7, 11) is 0. The lowest BCUT2D eigenvalue weighted by Gasteiger charge is -2.09. The molecule has 0 N–H and O–H groups in total. The standard InChI is InChI=1S/C16H12BrFO/c17-15-6-5-13(18)9-14(15)16(19)12-7-10-3-1-2-4-11(10)8-12/h1-6,9,12H,7-8H2. The van der Waals surface area contributed by atoms with Gasteiger partial charge < -0.3 is 0 Å². The van der Waals surface area contributed by atoms with E-state index in [9.17, 15) is 9.18 Å². The Hall–Kier alpha value is -1.48. The van der Waals surface area contributed by atoms with Crippen LogP contribution in [-0.4, -0.2) is 5.78 Å². The largest absolute Gasteiger partial charge is 0.294 e. The fraction of sp³-hybridized carbons (Fsp3) is 0.188. The van der Waals surface area contributed by atoms with Gasteiger partial charge in [-0.1, -0.05) is 40.2 Å². The van der Waals surface area contributed by atoms with Crippen molar-refractivity contribution in [2.45, 2.75) is 12.8 Å². The molecule has 0 saturated carbocycles. The smallest absolute Gasteiger partial charge is 0.167 e. The van der Waals surface area contributed by atoms with E-state index in [-0.39, 0.29) is 17.5 Å². The molecule has 0 bridgehead atoms. The van der Waals surface area contributed by atoms with E-state index < -0.39 is 0 Å². The van der Waals surface area contributed by atoms with Crippen LogP contribution in [0.2, 0.25) is 0 Å². The normalized spacial score (nSPS) is 14.4. The van der Waals surface area contributed by atoms with E-state index in [0.717, 1.165) is 12.8 Å². The number of Topliss-reactive ketones (excluding diaryl/α,β-unsaturated/α-hetero) is 1. The second-order valence-corrected chi connectivity index (χ2v) is 5.72. The van der Waals surface area contributed by atoms with Gasteiger partial charge in [0.25, 0.3) is 0 Å². The summed E-state index contributed by atoms with van der Waals surface area (Å²) in [5.41, 5.74) is 2.90. The molecule has 1 aliphatic rings. The van der Waals surface area contributed by atoms with Gasteiger partial charge in [-0.25, -0.2) is 4.39 Å². The van der Waals surface area contributed by atoms with Gasteiger partial charge in [-0.2, -0.15) is 0 Å². The maximum absolute atomic E-state index is 13.3. The van der Waals surface area contributed by atoms with Crippen molar-refractivity contribution in [3.63, 3.8) is 0 Å². The van der Waals surface area contributed by atoms with Crippen molar-refractivity contribution in [2.24, 2.45) is 5.92 Å². The molecule has 0 amide bonds. The summed E-state index contributed by atoms with van der Waals surface area (Å²) in [5, 5.41) is 0. The number of hydrogen-bond donors (Lipinski definition) is 0. The summed E-state index contributed by atoms with van der Waals surface area (Å²) in [5.74, 6) is -0.430. The monoisotopic (exact) mass is 318 g/mol. The Balaban J connectivity index is 1.89. The molecule has 96 valence electrons. The highest BCUT2D eigenvalue weighted by Crippen LogP contribution is 2.31. The molecule has 2 aromatic rings. The molecule has 0 spiro atoms. The van der Waals surface area contributed by atoms with E-state index in [2.05, 4.69) is 28.1 Å². The number of halogens is 2. The third-order valence-corrected chi connectivity index (χ3v) is 4.31. The number of ketones is 1. The van der Waals surface area contributed by atoms with Gasteiger partial charge in [0.1, 0.15) is 5.82 Å². The molecule has 19 heavy (non-hydrogen) atoms. The van der Waals surface area contributed by atoms with E-state index in [1.54, 1.807) is 6.07 Å². The van der Waals surface area contributed by atoms with Crippen LogP contribution in [0.25, 0.3) is 0 Å². The molecule has 1 aliphatic carbocycles. The molecule has 3 heteroatoms. The minimum atomic E-state index is -0.373. The lowest BCUT2D eigenvalue weighted by Crippen LogP contribution is -2.15. The lowest BCUT2D eigenvalue weighted by molar-refractivity contribution is 0.0923. The highest BCUT2D eigenvalue weighted by atomic mass is 79.9. The zero-order chi connectivity index (χ0) is 13.4. The van der Waals surface area contributed by atoms with Gasteiger partial charge in [-0.15, -0.1) is 0 Å². The molecule has 1 nitrogen and oxygen atoms in total. The molecule has 0 atom stereocenters. The molecule has 0 saturated heterocycles. The van der Waals surface area contributed by atoms with Gasteiger partial charge in [0, 0.05) is 16.0 Å². The lowest BCUT2D eigenvalue weighted by atomic mass is 9.95. The van der Waals surface area contributed by atoms with E-state index in [1.807, 2.05) is 12.1 Å². The fourth-order valence-corrected chi connectivity index (χ4v) is 3.09. The molecular formula is C16H12BrFO. The van der Waals surface area contributed by atoms with Crippen LogP contribution in [0.4, 0.5) is 4.39 Å². The fourth-order valence-electron chi connectivity index (χ4n) is 2.65. The summed E-state index contributed by atoms with van der Waals surface area (Å²) in [6.45, 7) is 0. The SMILES string of the molecule is O=C(c1cc(F)ccc1Br)C1Cc2ccccc2C1. The Morgan fingerprint density at radius 2 is 1.74 bits per heavy atom. The number of hydrogen-bond acceptors (Lipinski definition) is 1. The van der Waals surface area contributed by atoms with Crippen LogP contribution in [-0.2, 0) is 12.8 Å². The molecular weight excluding hydrogens is 307 g/mol. The van der Waals surface area contributed by atoms with Crippen molar-refractivity contribution in [2.75, 3.05) is 0 Å². The summed E-state index contributed by atoms with van der Waals surface area (Å²) < 4.78 is 13.9. The van der Waals surface area contributed by atoms with Crippen LogP contribution in [0.3, 0.4) is 0 Å². The highest BCUT2D eigenvalue weighted by molar-refractivity contribution is 9.10. The topological polar surface area (TPSA) is 17.1 Å². The predicted molar refractivity (Wildman–Crippen MR) is 75.8 cm³/mol. The Morgan fingerprint density at radius 1 is 1.11 bits per heavy atom. The molecule has 2 aromatic carbocycles. The van der Waals surface area contributed by atoms with Gasteiger partial charge in [0.15, 0.2) is 5.78 Å². The molecule has 0 aliphatic heterocycles. The number of fused-ring (bicyclic) bond motifs is 1. The Bertz CT molecular complexity index is 626. The van der Waals surface area contributed by atoms with Crippen molar-refractivity contribution in [1.82, 2.24) is 0 Å². The summed E-state index contributed by atoms with van der Waals surface area (Å²) in [6, 6.07) is 12.4. The van der Waals surface area contributed by atoms with Crippen molar-refractivity contribution in [1.29, 1.82) is 0 Å². The molecule has 0 unspecified atom stereocenters. The average molecular weight is 319 g/mol. The number of carbonyl (C=O) groups is 1. The van der Waals surface area contributed by atoms with Gasteiger partial charge in [0.05, 0.1) is 0 Å². The number of rotatable bonds is 2. The third-order valence-electron chi connectivity index (χ3n) is 3.62. The first-order valence-electron chi connectivity index (χ1n) is 6.21. The Kier molecular flexibility index (Phi) is 3.23. The average Bonchev–Trinajstić information content (AvgIpc) is 2.84.